The number of ether oxygens (including phenoxy) is 2. The Hall–Kier alpha value is -1.40. The van der Waals surface area contributed by atoms with Crippen LogP contribution in [-0.2, 0) is 16.0 Å². The number of hydrogen-bond donors (Lipinski definition) is 0. The molecule has 94 valence electrons. The van der Waals surface area contributed by atoms with Crippen LogP contribution in [0.1, 0.15) is 23.4 Å². The van der Waals surface area contributed by atoms with Crippen molar-refractivity contribution in [3.05, 3.63) is 17.8 Å². The fourth-order valence-electron chi connectivity index (χ4n) is 1.63. The highest BCUT2D eigenvalue weighted by Crippen LogP contribution is 2.09. The van der Waals surface area contributed by atoms with Gasteiger partial charge in [-0.3, -0.25) is 4.90 Å². The lowest BCUT2D eigenvalue weighted by atomic mass is 10.4. The van der Waals surface area contributed by atoms with Gasteiger partial charge in [-0.1, -0.05) is 0 Å². The second-order valence-corrected chi connectivity index (χ2v) is 3.73. The molecule has 1 fully saturated rings. The quantitative estimate of drug-likeness (QED) is 0.721. The molecular formula is C11H16N2O4. The summed E-state index contributed by atoms with van der Waals surface area (Å²) < 4.78 is 15.4. The molecule has 6 heteroatoms. The Balaban J connectivity index is 1.91. The molecule has 0 bridgehead atoms. The van der Waals surface area contributed by atoms with Crippen molar-refractivity contribution in [3.63, 3.8) is 0 Å². The van der Waals surface area contributed by atoms with Crippen LogP contribution in [0.15, 0.2) is 10.6 Å². The summed E-state index contributed by atoms with van der Waals surface area (Å²) in [5, 5.41) is 0. The summed E-state index contributed by atoms with van der Waals surface area (Å²) in [5.74, 6) is 0.235. The van der Waals surface area contributed by atoms with E-state index in [-0.39, 0.29) is 5.76 Å². The van der Waals surface area contributed by atoms with Gasteiger partial charge in [0.1, 0.15) is 0 Å². The van der Waals surface area contributed by atoms with Gasteiger partial charge in [0.15, 0.2) is 0 Å². The Kier molecular flexibility index (Phi) is 4.11. The minimum absolute atomic E-state index is 0.162. The van der Waals surface area contributed by atoms with Crippen molar-refractivity contribution >= 4 is 5.97 Å². The number of carbonyl (C=O) groups excluding carboxylic acids is 1. The predicted octanol–water partition coefficient (Wildman–Crippen LogP) is 0.683. The van der Waals surface area contributed by atoms with Crippen molar-refractivity contribution < 1.29 is 18.7 Å². The smallest absolute Gasteiger partial charge is 0.375 e. The van der Waals surface area contributed by atoms with Gasteiger partial charge >= 0.3 is 5.97 Å². The molecule has 0 unspecified atom stereocenters. The van der Waals surface area contributed by atoms with Crippen molar-refractivity contribution in [3.8, 4) is 0 Å². The minimum Gasteiger partial charge on any atom is -0.460 e. The predicted molar refractivity (Wildman–Crippen MR) is 58.6 cm³/mol. The number of esters is 1. The molecule has 2 heterocycles. The van der Waals surface area contributed by atoms with Gasteiger partial charge < -0.3 is 13.9 Å². The fourth-order valence-corrected chi connectivity index (χ4v) is 1.63. The van der Waals surface area contributed by atoms with Crippen molar-refractivity contribution in [2.45, 2.75) is 13.5 Å². The van der Waals surface area contributed by atoms with Gasteiger partial charge in [-0.15, -0.1) is 0 Å². The number of hydrogen-bond acceptors (Lipinski definition) is 6. The van der Waals surface area contributed by atoms with Crippen molar-refractivity contribution in [2.24, 2.45) is 0 Å². The van der Waals surface area contributed by atoms with E-state index in [1.165, 1.54) is 6.20 Å². The molecule has 6 nitrogen and oxygen atoms in total. The van der Waals surface area contributed by atoms with E-state index < -0.39 is 5.97 Å². The molecule has 0 aliphatic carbocycles. The third kappa shape index (κ3) is 3.28. The largest absolute Gasteiger partial charge is 0.460 e. The van der Waals surface area contributed by atoms with Crippen LogP contribution < -0.4 is 0 Å². The average Bonchev–Trinajstić information content (AvgIpc) is 2.79. The maximum Gasteiger partial charge on any atom is 0.375 e. The van der Waals surface area contributed by atoms with Crippen LogP contribution in [0.2, 0.25) is 0 Å². The van der Waals surface area contributed by atoms with Crippen LogP contribution in [0.25, 0.3) is 0 Å². The van der Waals surface area contributed by atoms with Gasteiger partial charge in [-0.2, -0.15) is 0 Å². The maximum atomic E-state index is 11.4. The fraction of sp³-hybridized carbons (Fsp3) is 0.636. The van der Waals surface area contributed by atoms with E-state index in [4.69, 9.17) is 13.9 Å². The Morgan fingerprint density at radius 3 is 3.00 bits per heavy atom. The standard InChI is InChI=1S/C11H16N2O4/c1-2-16-11(14)9-7-12-10(17-9)8-13-3-5-15-6-4-13/h7H,2-6,8H2,1H3. The zero-order chi connectivity index (χ0) is 12.1. The molecule has 1 aromatic rings. The average molecular weight is 240 g/mol. The van der Waals surface area contributed by atoms with Gasteiger partial charge in [-0.25, -0.2) is 9.78 Å². The molecule has 1 aliphatic rings. The summed E-state index contributed by atoms with van der Waals surface area (Å²) in [6.45, 7) is 5.86. The molecule has 1 aliphatic heterocycles. The van der Waals surface area contributed by atoms with E-state index in [0.717, 1.165) is 26.3 Å². The molecule has 0 saturated carbocycles. The third-order valence-electron chi connectivity index (χ3n) is 2.49. The number of aromatic nitrogens is 1. The second kappa shape index (κ2) is 5.79. The van der Waals surface area contributed by atoms with E-state index in [0.29, 0.717) is 19.0 Å². The molecule has 1 aromatic heterocycles. The minimum atomic E-state index is -0.465. The molecule has 2 rings (SSSR count). The number of nitrogens with zero attached hydrogens (tertiary/aromatic N) is 2. The summed E-state index contributed by atoms with van der Waals surface area (Å²) in [7, 11) is 0. The highest BCUT2D eigenvalue weighted by molar-refractivity contribution is 5.85. The van der Waals surface area contributed by atoms with Gasteiger partial charge in [0.25, 0.3) is 0 Å². The van der Waals surface area contributed by atoms with Crippen LogP contribution in [-0.4, -0.2) is 48.8 Å². The molecule has 0 spiro atoms. The summed E-state index contributed by atoms with van der Waals surface area (Å²) in [6.07, 6.45) is 1.41. The SMILES string of the molecule is CCOC(=O)c1cnc(CN2CCOCC2)o1. The molecular weight excluding hydrogens is 224 g/mol. The summed E-state index contributed by atoms with van der Waals surface area (Å²) in [5.41, 5.74) is 0. The van der Waals surface area contributed by atoms with Crippen molar-refractivity contribution in [2.75, 3.05) is 32.9 Å². The lowest BCUT2D eigenvalue weighted by molar-refractivity contribution is 0.0296. The number of oxazole rings is 1. The molecule has 0 amide bonds. The molecule has 0 radical (unpaired) electrons. The first-order valence-electron chi connectivity index (χ1n) is 5.71. The van der Waals surface area contributed by atoms with Gasteiger partial charge in [0, 0.05) is 13.1 Å². The first kappa shape index (κ1) is 12.1. The Morgan fingerprint density at radius 1 is 1.53 bits per heavy atom. The van der Waals surface area contributed by atoms with E-state index in [2.05, 4.69) is 9.88 Å². The highest BCUT2D eigenvalue weighted by atomic mass is 16.5. The van der Waals surface area contributed by atoms with Crippen molar-refractivity contribution in [1.82, 2.24) is 9.88 Å². The van der Waals surface area contributed by atoms with Crippen molar-refractivity contribution in [1.29, 1.82) is 0 Å². The zero-order valence-corrected chi connectivity index (χ0v) is 9.85. The second-order valence-electron chi connectivity index (χ2n) is 3.73. The third-order valence-corrected chi connectivity index (χ3v) is 2.49. The van der Waals surface area contributed by atoms with Gasteiger partial charge in [0.05, 0.1) is 32.6 Å². The first-order chi connectivity index (χ1) is 8.29. The molecule has 0 aromatic carbocycles. The Morgan fingerprint density at radius 2 is 2.29 bits per heavy atom. The summed E-state index contributed by atoms with van der Waals surface area (Å²) in [4.78, 5) is 17.6. The molecule has 0 N–H and O–H groups in total. The number of rotatable bonds is 4. The Labute approximate surface area is 99.5 Å². The van der Waals surface area contributed by atoms with Crippen LogP contribution >= 0.6 is 0 Å². The summed E-state index contributed by atoms with van der Waals surface area (Å²) in [6, 6.07) is 0. The van der Waals surface area contributed by atoms with Gasteiger partial charge in [-0.05, 0) is 6.92 Å². The summed E-state index contributed by atoms with van der Waals surface area (Å²) >= 11 is 0. The van der Waals surface area contributed by atoms with E-state index in [1.807, 2.05) is 0 Å². The number of carbonyl (C=O) groups is 1. The van der Waals surface area contributed by atoms with Crippen LogP contribution in [0.4, 0.5) is 0 Å². The van der Waals surface area contributed by atoms with E-state index >= 15 is 0 Å². The number of morpholine rings is 1. The Bertz CT molecular complexity index is 371. The zero-order valence-electron chi connectivity index (χ0n) is 9.85. The van der Waals surface area contributed by atoms with E-state index in [1.54, 1.807) is 6.92 Å². The monoisotopic (exact) mass is 240 g/mol. The lowest BCUT2D eigenvalue weighted by Gasteiger charge is -2.24. The normalized spacial score (nSPS) is 17.0. The molecule has 0 atom stereocenters. The van der Waals surface area contributed by atoms with Gasteiger partial charge in [0.2, 0.25) is 11.7 Å². The highest BCUT2D eigenvalue weighted by Gasteiger charge is 2.17. The van der Waals surface area contributed by atoms with Crippen LogP contribution in [0.5, 0.6) is 0 Å². The lowest BCUT2D eigenvalue weighted by Crippen LogP contribution is -2.35. The molecule has 1 saturated heterocycles. The molecule has 17 heavy (non-hydrogen) atoms. The first-order valence-corrected chi connectivity index (χ1v) is 5.71. The van der Waals surface area contributed by atoms with Crippen LogP contribution in [0, 0.1) is 0 Å². The topological polar surface area (TPSA) is 64.8 Å². The maximum absolute atomic E-state index is 11.4. The van der Waals surface area contributed by atoms with Crippen LogP contribution in [0.3, 0.4) is 0 Å². The van der Waals surface area contributed by atoms with E-state index in [9.17, 15) is 4.79 Å².